The summed E-state index contributed by atoms with van der Waals surface area (Å²) in [6, 6.07) is 9.41. The SMILES string of the molecule is C.CC(=O)O[C@@H](c1ccc(F)c(Br)c1)C1CC1.OC(c1ccc(F)c(Br)c1)C1CC1. The van der Waals surface area contributed by atoms with Gasteiger partial charge in [-0.05, 0) is 98.9 Å². The van der Waals surface area contributed by atoms with E-state index in [4.69, 9.17) is 4.74 Å². The van der Waals surface area contributed by atoms with Gasteiger partial charge in [0.05, 0.1) is 15.0 Å². The number of ether oxygens (including phenoxy) is 1. The molecule has 4 rings (SSSR count). The van der Waals surface area contributed by atoms with E-state index in [1.807, 2.05) is 0 Å². The highest BCUT2D eigenvalue weighted by Crippen LogP contribution is 2.44. The number of halogens is 4. The van der Waals surface area contributed by atoms with Crippen molar-refractivity contribution in [3.8, 4) is 0 Å². The van der Waals surface area contributed by atoms with Crippen LogP contribution in [0, 0.1) is 23.5 Å². The van der Waals surface area contributed by atoms with Crippen molar-refractivity contribution in [3.63, 3.8) is 0 Å². The Hall–Kier alpha value is -1.31. The van der Waals surface area contributed by atoms with Gasteiger partial charge >= 0.3 is 5.97 Å². The highest BCUT2D eigenvalue weighted by atomic mass is 79.9. The van der Waals surface area contributed by atoms with Gasteiger partial charge < -0.3 is 9.84 Å². The van der Waals surface area contributed by atoms with E-state index in [9.17, 15) is 18.7 Å². The molecule has 2 aliphatic carbocycles. The van der Waals surface area contributed by atoms with E-state index in [-0.39, 0.29) is 31.1 Å². The second kappa shape index (κ2) is 10.8. The van der Waals surface area contributed by atoms with Crippen LogP contribution in [0.2, 0.25) is 0 Å². The maximum atomic E-state index is 13.1. The Bertz CT molecular complexity index is 883. The van der Waals surface area contributed by atoms with Crippen molar-refractivity contribution in [3.05, 3.63) is 68.1 Å². The molecule has 0 aliphatic heterocycles. The van der Waals surface area contributed by atoms with Gasteiger partial charge in [-0.2, -0.15) is 0 Å². The maximum absolute atomic E-state index is 13.1. The third-order valence-electron chi connectivity index (χ3n) is 4.97. The van der Waals surface area contributed by atoms with Crippen LogP contribution >= 0.6 is 31.9 Å². The van der Waals surface area contributed by atoms with Gasteiger partial charge in [0.2, 0.25) is 0 Å². The molecule has 7 heteroatoms. The lowest BCUT2D eigenvalue weighted by atomic mass is 10.1. The molecular formula is C23H26Br2F2O3. The van der Waals surface area contributed by atoms with Crippen LogP contribution in [-0.4, -0.2) is 11.1 Å². The fraction of sp³-hybridized carbons (Fsp3) is 0.435. The summed E-state index contributed by atoms with van der Waals surface area (Å²) in [6.07, 6.45) is 3.64. The van der Waals surface area contributed by atoms with E-state index in [2.05, 4.69) is 31.9 Å². The molecule has 30 heavy (non-hydrogen) atoms. The third kappa shape index (κ3) is 6.86. The van der Waals surface area contributed by atoms with E-state index >= 15 is 0 Å². The van der Waals surface area contributed by atoms with E-state index in [0.717, 1.165) is 36.8 Å². The summed E-state index contributed by atoms with van der Waals surface area (Å²) in [7, 11) is 0. The Morgan fingerprint density at radius 2 is 1.43 bits per heavy atom. The van der Waals surface area contributed by atoms with Crippen molar-refractivity contribution >= 4 is 37.8 Å². The van der Waals surface area contributed by atoms with Crippen molar-refractivity contribution in [1.29, 1.82) is 0 Å². The monoisotopic (exact) mass is 546 g/mol. The van der Waals surface area contributed by atoms with Crippen LogP contribution in [0.4, 0.5) is 8.78 Å². The molecule has 0 saturated heterocycles. The Morgan fingerprint density at radius 3 is 1.87 bits per heavy atom. The van der Waals surface area contributed by atoms with Gasteiger partial charge in [0, 0.05) is 12.8 Å². The van der Waals surface area contributed by atoms with Crippen LogP contribution in [0.3, 0.4) is 0 Å². The van der Waals surface area contributed by atoms with Crippen LogP contribution in [-0.2, 0) is 9.53 Å². The first-order valence-corrected chi connectivity index (χ1v) is 11.1. The molecule has 0 amide bonds. The van der Waals surface area contributed by atoms with Gasteiger partial charge in [0.15, 0.2) is 0 Å². The minimum Gasteiger partial charge on any atom is -0.457 e. The molecule has 3 nitrogen and oxygen atoms in total. The smallest absolute Gasteiger partial charge is 0.303 e. The van der Waals surface area contributed by atoms with Crippen LogP contribution in [0.5, 0.6) is 0 Å². The van der Waals surface area contributed by atoms with Crippen molar-refractivity contribution in [2.45, 2.75) is 52.2 Å². The molecule has 0 bridgehead atoms. The van der Waals surface area contributed by atoms with Crippen LogP contribution in [0.15, 0.2) is 45.3 Å². The average Bonchev–Trinajstić information content (AvgIpc) is 3.56. The molecule has 2 fully saturated rings. The first kappa shape index (κ1) is 25.0. The zero-order valence-electron chi connectivity index (χ0n) is 15.9. The first-order valence-electron chi connectivity index (χ1n) is 9.51. The molecule has 1 N–H and O–H groups in total. The summed E-state index contributed by atoms with van der Waals surface area (Å²) in [4.78, 5) is 11.0. The zero-order chi connectivity index (χ0) is 21.1. The first-order chi connectivity index (χ1) is 13.8. The van der Waals surface area contributed by atoms with Gasteiger partial charge in [-0.25, -0.2) is 8.78 Å². The summed E-state index contributed by atoms with van der Waals surface area (Å²) < 4.78 is 32.0. The summed E-state index contributed by atoms with van der Waals surface area (Å²) in [5.41, 5.74) is 1.65. The summed E-state index contributed by atoms with van der Waals surface area (Å²) >= 11 is 6.23. The molecule has 0 heterocycles. The number of aliphatic hydroxyl groups excluding tert-OH is 1. The number of carbonyl (C=O) groups is 1. The Labute approximate surface area is 193 Å². The molecule has 0 radical (unpaired) electrons. The predicted molar refractivity (Wildman–Crippen MR) is 120 cm³/mol. The van der Waals surface area contributed by atoms with Crippen molar-refractivity contribution in [1.82, 2.24) is 0 Å². The number of hydrogen-bond acceptors (Lipinski definition) is 3. The van der Waals surface area contributed by atoms with Gasteiger partial charge in [-0.3, -0.25) is 4.79 Å². The molecule has 2 atom stereocenters. The quantitative estimate of drug-likeness (QED) is 0.400. The fourth-order valence-corrected chi connectivity index (χ4v) is 3.88. The summed E-state index contributed by atoms with van der Waals surface area (Å²) in [5, 5.41) is 9.73. The Balaban J connectivity index is 0.000000211. The number of benzene rings is 2. The summed E-state index contributed by atoms with van der Waals surface area (Å²) in [5.74, 6) is -0.108. The lowest BCUT2D eigenvalue weighted by molar-refractivity contribution is -0.147. The van der Waals surface area contributed by atoms with Gasteiger partial charge in [0.25, 0.3) is 0 Å². The Kier molecular flexibility index (Phi) is 9.00. The van der Waals surface area contributed by atoms with E-state index < -0.39 is 6.10 Å². The molecule has 2 aromatic rings. The molecule has 0 spiro atoms. The average molecular weight is 548 g/mol. The number of aliphatic hydroxyl groups is 1. The van der Waals surface area contributed by atoms with Gasteiger partial charge in [-0.1, -0.05) is 19.6 Å². The topological polar surface area (TPSA) is 46.5 Å². The summed E-state index contributed by atoms with van der Waals surface area (Å²) in [6.45, 7) is 1.40. The highest BCUT2D eigenvalue weighted by molar-refractivity contribution is 9.10. The number of carbonyl (C=O) groups excluding carboxylic acids is 1. The van der Waals surface area contributed by atoms with E-state index in [1.165, 1.54) is 19.1 Å². The van der Waals surface area contributed by atoms with E-state index in [1.54, 1.807) is 24.3 Å². The molecule has 164 valence electrons. The molecule has 2 aliphatic rings. The molecule has 1 unspecified atom stereocenters. The fourth-order valence-electron chi connectivity index (χ4n) is 3.08. The molecular weight excluding hydrogens is 522 g/mol. The van der Waals surface area contributed by atoms with Gasteiger partial charge in [0.1, 0.15) is 17.7 Å². The van der Waals surface area contributed by atoms with Crippen molar-refractivity contribution in [2.75, 3.05) is 0 Å². The van der Waals surface area contributed by atoms with E-state index in [0.29, 0.717) is 20.8 Å². The number of rotatable bonds is 5. The maximum Gasteiger partial charge on any atom is 0.303 e. The standard InChI is InChI=1S/C12H12BrFO2.C10H10BrFO.CH4/c1-7(15)16-12(8-2-3-8)9-4-5-11(14)10(13)6-9;11-8-5-7(3-4-9(8)12)10(13)6-1-2-6;/h4-6,8,12H,2-3H2,1H3;3-6,10,13H,1-2H2;1H4/t12-;;/m1../s1. The molecule has 2 saturated carbocycles. The lowest BCUT2D eigenvalue weighted by Crippen LogP contribution is -2.10. The normalized spacial score (nSPS) is 17.1. The van der Waals surface area contributed by atoms with Crippen LogP contribution in [0.1, 0.15) is 63.4 Å². The number of esters is 1. The highest BCUT2D eigenvalue weighted by Gasteiger charge is 2.35. The van der Waals surface area contributed by atoms with Gasteiger partial charge in [-0.15, -0.1) is 0 Å². The molecule has 2 aromatic carbocycles. The van der Waals surface area contributed by atoms with Crippen molar-refractivity contribution < 1.29 is 23.4 Å². The van der Waals surface area contributed by atoms with Crippen LogP contribution in [0.25, 0.3) is 0 Å². The van der Waals surface area contributed by atoms with Crippen LogP contribution < -0.4 is 0 Å². The molecule has 0 aromatic heterocycles. The zero-order valence-corrected chi connectivity index (χ0v) is 19.0. The third-order valence-corrected chi connectivity index (χ3v) is 6.18. The second-order valence-electron chi connectivity index (χ2n) is 7.50. The second-order valence-corrected chi connectivity index (χ2v) is 9.21. The minimum atomic E-state index is -0.420. The largest absolute Gasteiger partial charge is 0.457 e. The number of hydrogen-bond donors (Lipinski definition) is 1. The predicted octanol–water partition coefficient (Wildman–Crippen LogP) is 7.27. The Morgan fingerprint density at radius 1 is 0.967 bits per heavy atom. The minimum absolute atomic E-state index is 0. The lowest BCUT2D eigenvalue weighted by Gasteiger charge is -2.17. The van der Waals surface area contributed by atoms with Crippen molar-refractivity contribution in [2.24, 2.45) is 11.8 Å².